The van der Waals surface area contributed by atoms with E-state index in [1.165, 1.54) is 13.3 Å². The molecule has 0 saturated carbocycles. The van der Waals surface area contributed by atoms with E-state index in [1.807, 2.05) is 11.5 Å². The van der Waals surface area contributed by atoms with E-state index < -0.39 is 6.03 Å². The van der Waals surface area contributed by atoms with Crippen molar-refractivity contribution in [2.24, 2.45) is 10.9 Å². The monoisotopic (exact) mass is 193 g/mol. The van der Waals surface area contributed by atoms with E-state index in [0.29, 0.717) is 0 Å². The van der Waals surface area contributed by atoms with Crippen LogP contribution in [0.2, 0.25) is 0 Å². The molecule has 74 valence electrons. The molecule has 14 heavy (non-hydrogen) atoms. The molecular weight excluding hydrogens is 182 g/mol. The van der Waals surface area contributed by atoms with Crippen LogP contribution in [-0.4, -0.2) is 29.3 Å². The summed E-state index contributed by atoms with van der Waals surface area (Å²) in [5, 5.41) is 4.93. The third-order valence-electron chi connectivity index (χ3n) is 1.48. The first-order valence-electron chi connectivity index (χ1n) is 3.92. The molecule has 0 radical (unpaired) electrons. The van der Waals surface area contributed by atoms with E-state index in [0.717, 1.165) is 10.6 Å². The first-order valence-corrected chi connectivity index (χ1v) is 3.92. The van der Waals surface area contributed by atoms with Crippen molar-refractivity contribution in [3.05, 3.63) is 30.1 Å². The van der Waals surface area contributed by atoms with Gasteiger partial charge >= 0.3 is 6.03 Å². The SMILES string of the molecule is CN(/N=C/c1cccnc1)C(=O)NN. The number of aromatic nitrogens is 1. The Morgan fingerprint density at radius 2 is 2.57 bits per heavy atom. The Morgan fingerprint density at radius 1 is 1.79 bits per heavy atom. The molecule has 1 heterocycles. The minimum Gasteiger partial charge on any atom is -0.274 e. The molecule has 0 unspecified atom stereocenters. The molecule has 0 bridgehead atoms. The summed E-state index contributed by atoms with van der Waals surface area (Å²) in [5.74, 6) is 4.91. The number of hydrazone groups is 1. The highest BCUT2D eigenvalue weighted by atomic mass is 16.2. The summed E-state index contributed by atoms with van der Waals surface area (Å²) in [5.41, 5.74) is 2.77. The molecule has 0 aliphatic rings. The van der Waals surface area contributed by atoms with E-state index in [2.05, 4.69) is 10.1 Å². The number of urea groups is 1. The third-order valence-corrected chi connectivity index (χ3v) is 1.48. The maximum Gasteiger partial charge on any atom is 0.351 e. The maximum atomic E-state index is 10.9. The predicted octanol–water partition coefficient (Wildman–Crippen LogP) is -0.0694. The molecular formula is C8H11N5O. The van der Waals surface area contributed by atoms with Gasteiger partial charge in [-0.25, -0.2) is 15.6 Å². The largest absolute Gasteiger partial charge is 0.351 e. The van der Waals surface area contributed by atoms with Crippen LogP contribution in [0.25, 0.3) is 0 Å². The topological polar surface area (TPSA) is 83.6 Å². The normalized spacial score (nSPS) is 10.1. The lowest BCUT2D eigenvalue weighted by molar-refractivity contribution is 0.211. The van der Waals surface area contributed by atoms with Crippen LogP contribution >= 0.6 is 0 Å². The van der Waals surface area contributed by atoms with Gasteiger partial charge in [0.05, 0.1) is 6.21 Å². The summed E-state index contributed by atoms with van der Waals surface area (Å²) >= 11 is 0. The molecule has 1 aromatic rings. The van der Waals surface area contributed by atoms with Crippen LogP contribution in [0.4, 0.5) is 4.79 Å². The van der Waals surface area contributed by atoms with Gasteiger partial charge in [-0.2, -0.15) is 5.10 Å². The maximum absolute atomic E-state index is 10.9. The zero-order valence-corrected chi connectivity index (χ0v) is 7.71. The minimum atomic E-state index is -0.481. The number of rotatable bonds is 2. The van der Waals surface area contributed by atoms with Gasteiger partial charge in [0, 0.05) is 25.0 Å². The number of hydrazine groups is 1. The van der Waals surface area contributed by atoms with E-state index in [1.54, 1.807) is 18.5 Å². The van der Waals surface area contributed by atoms with E-state index in [9.17, 15) is 4.79 Å². The summed E-state index contributed by atoms with van der Waals surface area (Å²) < 4.78 is 0. The zero-order valence-electron chi connectivity index (χ0n) is 7.71. The molecule has 0 fully saturated rings. The second-order valence-electron chi connectivity index (χ2n) is 2.50. The highest BCUT2D eigenvalue weighted by molar-refractivity contribution is 5.81. The molecule has 1 aromatic heterocycles. The van der Waals surface area contributed by atoms with Crippen LogP contribution in [-0.2, 0) is 0 Å². The van der Waals surface area contributed by atoms with Gasteiger partial charge in [0.1, 0.15) is 0 Å². The lowest BCUT2D eigenvalue weighted by Gasteiger charge is -2.08. The minimum absolute atomic E-state index is 0.481. The smallest absolute Gasteiger partial charge is 0.274 e. The number of nitrogens with two attached hydrogens (primary N) is 1. The van der Waals surface area contributed by atoms with Gasteiger partial charge in [-0.3, -0.25) is 10.4 Å². The molecule has 6 nitrogen and oxygen atoms in total. The molecule has 0 saturated heterocycles. The number of amides is 2. The molecule has 1 rings (SSSR count). The van der Waals surface area contributed by atoms with Crippen LogP contribution in [0, 0.1) is 0 Å². The van der Waals surface area contributed by atoms with Crippen LogP contribution < -0.4 is 11.3 Å². The van der Waals surface area contributed by atoms with E-state index in [-0.39, 0.29) is 0 Å². The Balaban J connectivity index is 2.60. The van der Waals surface area contributed by atoms with Crippen molar-refractivity contribution < 1.29 is 4.79 Å². The van der Waals surface area contributed by atoms with Crippen LogP contribution in [0.5, 0.6) is 0 Å². The molecule has 0 aromatic carbocycles. The lowest BCUT2D eigenvalue weighted by atomic mass is 10.3. The van der Waals surface area contributed by atoms with Gasteiger partial charge in [0.15, 0.2) is 0 Å². The second kappa shape index (κ2) is 4.93. The van der Waals surface area contributed by atoms with Crippen molar-refractivity contribution in [2.75, 3.05) is 7.05 Å². The molecule has 0 spiro atoms. The van der Waals surface area contributed by atoms with Crippen LogP contribution in [0.15, 0.2) is 29.6 Å². The highest BCUT2D eigenvalue weighted by Crippen LogP contribution is 1.92. The van der Waals surface area contributed by atoms with Crippen LogP contribution in [0.3, 0.4) is 0 Å². The first-order chi connectivity index (χ1) is 6.74. The molecule has 2 amide bonds. The van der Waals surface area contributed by atoms with Crippen molar-refractivity contribution in [3.8, 4) is 0 Å². The summed E-state index contributed by atoms with van der Waals surface area (Å²) in [4.78, 5) is 14.8. The number of hydrogen-bond donors (Lipinski definition) is 2. The second-order valence-corrected chi connectivity index (χ2v) is 2.50. The van der Waals surface area contributed by atoms with E-state index in [4.69, 9.17) is 5.84 Å². The summed E-state index contributed by atoms with van der Waals surface area (Å²) in [7, 11) is 1.50. The molecule has 0 atom stereocenters. The molecule has 3 N–H and O–H groups in total. The number of nitrogens with one attached hydrogen (secondary N) is 1. The quantitative estimate of drug-likeness (QED) is 0.298. The number of carbonyl (C=O) groups is 1. The number of hydrogen-bond acceptors (Lipinski definition) is 4. The van der Waals surface area contributed by atoms with Gasteiger partial charge < -0.3 is 0 Å². The Morgan fingerprint density at radius 3 is 3.14 bits per heavy atom. The highest BCUT2D eigenvalue weighted by Gasteiger charge is 2.01. The standard InChI is InChI=1S/C8H11N5O/c1-13(8(14)12-9)11-6-7-3-2-4-10-5-7/h2-6H,9H2,1H3,(H,12,14)/b11-6+. The molecule has 6 heteroatoms. The average molecular weight is 193 g/mol. The number of nitrogens with zero attached hydrogens (tertiary/aromatic N) is 3. The lowest BCUT2D eigenvalue weighted by Crippen LogP contribution is -2.38. The Hall–Kier alpha value is -1.95. The Labute approximate surface area is 81.4 Å². The summed E-state index contributed by atoms with van der Waals surface area (Å²) in [6.45, 7) is 0. The fraction of sp³-hybridized carbons (Fsp3) is 0.125. The molecule has 0 aliphatic carbocycles. The summed E-state index contributed by atoms with van der Waals surface area (Å²) in [6, 6.07) is 3.12. The zero-order chi connectivity index (χ0) is 10.4. The fourth-order valence-corrected chi connectivity index (χ4v) is 0.751. The fourth-order valence-electron chi connectivity index (χ4n) is 0.751. The van der Waals surface area contributed by atoms with Crippen molar-refractivity contribution in [3.63, 3.8) is 0 Å². The Kier molecular flexibility index (Phi) is 3.57. The first kappa shape index (κ1) is 10.1. The van der Waals surface area contributed by atoms with Gasteiger partial charge in [0.25, 0.3) is 0 Å². The van der Waals surface area contributed by atoms with Gasteiger partial charge in [-0.1, -0.05) is 6.07 Å². The van der Waals surface area contributed by atoms with E-state index >= 15 is 0 Å². The van der Waals surface area contributed by atoms with Crippen molar-refractivity contribution in [1.82, 2.24) is 15.4 Å². The van der Waals surface area contributed by atoms with Gasteiger partial charge in [0.2, 0.25) is 0 Å². The predicted molar refractivity (Wildman–Crippen MR) is 52.3 cm³/mol. The van der Waals surface area contributed by atoms with Crippen molar-refractivity contribution in [2.45, 2.75) is 0 Å². The Bertz CT molecular complexity index is 324. The van der Waals surface area contributed by atoms with Crippen LogP contribution in [0.1, 0.15) is 5.56 Å². The summed E-state index contributed by atoms with van der Waals surface area (Å²) in [6.07, 6.45) is 4.81. The van der Waals surface area contributed by atoms with Crippen molar-refractivity contribution >= 4 is 12.2 Å². The number of pyridine rings is 1. The number of carbonyl (C=O) groups excluding carboxylic acids is 1. The third kappa shape index (κ3) is 2.83. The van der Waals surface area contributed by atoms with Gasteiger partial charge in [-0.05, 0) is 6.07 Å². The molecule has 0 aliphatic heterocycles. The average Bonchev–Trinajstić information content (AvgIpc) is 2.26. The van der Waals surface area contributed by atoms with Crippen molar-refractivity contribution in [1.29, 1.82) is 0 Å². The van der Waals surface area contributed by atoms with Gasteiger partial charge in [-0.15, -0.1) is 0 Å².